The van der Waals surface area contributed by atoms with E-state index in [9.17, 15) is 0 Å². The lowest BCUT2D eigenvalue weighted by molar-refractivity contribution is 0.342. The van der Waals surface area contributed by atoms with Crippen LogP contribution in [0.4, 0.5) is 0 Å². The minimum absolute atomic E-state index is 0.303. The van der Waals surface area contributed by atoms with Crippen molar-refractivity contribution in [3.05, 3.63) is 30.1 Å². The van der Waals surface area contributed by atoms with E-state index in [2.05, 4.69) is 35.1 Å². The van der Waals surface area contributed by atoms with Gasteiger partial charge in [-0.3, -0.25) is 0 Å². The summed E-state index contributed by atoms with van der Waals surface area (Å²) in [4.78, 5) is 4.80. The molecule has 1 fully saturated rings. The van der Waals surface area contributed by atoms with Gasteiger partial charge < -0.3 is 15.6 Å². The molecule has 2 aromatic rings. The number of hydrogen-bond donors (Lipinski definition) is 2. The second-order valence-electron chi connectivity index (χ2n) is 5.42. The maximum Gasteiger partial charge on any atom is 0.115 e. The molecule has 0 radical (unpaired) electrons. The summed E-state index contributed by atoms with van der Waals surface area (Å²) in [6.45, 7) is 1.75. The SMILES string of the molecule is Cn1c(C(CN)C2CCCCN2)nc2ccccc21. The largest absolute Gasteiger partial charge is 0.331 e. The van der Waals surface area contributed by atoms with E-state index in [0.717, 1.165) is 17.9 Å². The van der Waals surface area contributed by atoms with Gasteiger partial charge in [-0.25, -0.2) is 4.98 Å². The molecule has 0 aliphatic carbocycles. The van der Waals surface area contributed by atoms with Crippen molar-refractivity contribution in [1.29, 1.82) is 0 Å². The highest BCUT2D eigenvalue weighted by Crippen LogP contribution is 2.26. The van der Waals surface area contributed by atoms with Gasteiger partial charge in [0.2, 0.25) is 0 Å². The first-order chi connectivity index (χ1) is 9.31. The quantitative estimate of drug-likeness (QED) is 0.882. The van der Waals surface area contributed by atoms with E-state index in [0.29, 0.717) is 18.5 Å². The summed E-state index contributed by atoms with van der Waals surface area (Å²) in [5, 5.41) is 3.61. The topological polar surface area (TPSA) is 55.9 Å². The third kappa shape index (κ3) is 2.26. The summed E-state index contributed by atoms with van der Waals surface area (Å²) in [6, 6.07) is 8.75. The fraction of sp³-hybridized carbons (Fsp3) is 0.533. The fourth-order valence-electron chi connectivity index (χ4n) is 3.17. The van der Waals surface area contributed by atoms with E-state index >= 15 is 0 Å². The molecule has 1 aliphatic heterocycles. The maximum atomic E-state index is 6.03. The van der Waals surface area contributed by atoms with Gasteiger partial charge in [0.15, 0.2) is 0 Å². The van der Waals surface area contributed by atoms with Crippen LogP contribution in [0.15, 0.2) is 24.3 Å². The van der Waals surface area contributed by atoms with Crippen molar-refractivity contribution in [2.45, 2.75) is 31.2 Å². The van der Waals surface area contributed by atoms with Crippen LogP contribution in [-0.2, 0) is 7.05 Å². The molecule has 1 aromatic carbocycles. The number of aryl methyl sites for hydroxylation is 1. The first-order valence-electron chi connectivity index (χ1n) is 7.16. The number of piperidine rings is 1. The van der Waals surface area contributed by atoms with E-state index in [-0.39, 0.29) is 0 Å². The van der Waals surface area contributed by atoms with Crippen LogP contribution in [-0.4, -0.2) is 28.7 Å². The standard InChI is InChI=1S/C15H22N4/c1-19-14-8-3-2-7-13(14)18-15(19)11(10-16)12-6-4-5-9-17-12/h2-3,7-8,11-12,17H,4-6,9-10,16H2,1H3. The van der Waals surface area contributed by atoms with Crippen LogP contribution in [0, 0.1) is 0 Å². The molecular formula is C15H22N4. The third-order valence-corrected chi connectivity index (χ3v) is 4.24. The van der Waals surface area contributed by atoms with Gasteiger partial charge in [0, 0.05) is 25.6 Å². The van der Waals surface area contributed by atoms with Gasteiger partial charge in [0.05, 0.1) is 11.0 Å². The molecule has 4 nitrogen and oxygen atoms in total. The minimum atomic E-state index is 0.303. The number of hydrogen-bond acceptors (Lipinski definition) is 3. The molecule has 1 saturated heterocycles. The molecule has 4 heteroatoms. The summed E-state index contributed by atoms with van der Waals surface area (Å²) >= 11 is 0. The first-order valence-corrected chi connectivity index (χ1v) is 7.16. The van der Waals surface area contributed by atoms with Crippen molar-refractivity contribution >= 4 is 11.0 Å². The number of nitrogens with two attached hydrogens (primary N) is 1. The lowest BCUT2D eigenvalue weighted by atomic mass is 9.91. The Morgan fingerprint density at radius 1 is 1.42 bits per heavy atom. The van der Waals surface area contributed by atoms with E-state index in [1.165, 1.54) is 24.8 Å². The molecule has 0 saturated carbocycles. The molecule has 1 aromatic heterocycles. The number of nitrogens with one attached hydrogen (secondary N) is 1. The van der Waals surface area contributed by atoms with Crippen LogP contribution in [0.25, 0.3) is 11.0 Å². The van der Waals surface area contributed by atoms with Crippen LogP contribution in [0.3, 0.4) is 0 Å². The Kier molecular flexibility index (Phi) is 3.53. The van der Waals surface area contributed by atoms with Crippen molar-refractivity contribution in [3.8, 4) is 0 Å². The molecular weight excluding hydrogens is 236 g/mol. The predicted molar refractivity (Wildman–Crippen MR) is 78.2 cm³/mol. The van der Waals surface area contributed by atoms with Crippen molar-refractivity contribution in [3.63, 3.8) is 0 Å². The number of nitrogens with zero attached hydrogens (tertiary/aromatic N) is 2. The average molecular weight is 258 g/mol. The zero-order valence-corrected chi connectivity index (χ0v) is 11.5. The Hall–Kier alpha value is -1.39. The second-order valence-corrected chi connectivity index (χ2v) is 5.42. The number of aromatic nitrogens is 2. The third-order valence-electron chi connectivity index (χ3n) is 4.24. The summed E-state index contributed by atoms with van der Waals surface area (Å²) < 4.78 is 2.20. The Bertz CT molecular complexity index is 554. The van der Waals surface area contributed by atoms with Gasteiger partial charge in [-0.05, 0) is 31.5 Å². The summed E-state index contributed by atoms with van der Waals surface area (Å²) in [5.74, 6) is 1.42. The van der Waals surface area contributed by atoms with Crippen molar-refractivity contribution < 1.29 is 0 Å². The summed E-state index contributed by atoms with van der Waals surface area (Å²) in [6.07, 6.45) is 3.76. The Morgan fingerprint density at radius 2 is 2.26 bits per heavy atom. The molecule has 3 rings (SSSR count). The molecule has 3 N–H and O–H groups in total. The molecule has 0 amide bonds. The molecule has 19 heavy (non-hydrogen) atoms. The summed E-state index contributed by atoms with van der Waals surface area (Å²) in [7, 11) is 2.09. The van der Waals surface area contributed by atoms with E-state index in [4.69, 9.17) is 10.7 Å². The Labute approximate surface area is 114 Å². The van der Waals surface area contributed by atoms with Gasteiger partial charge >= 0.3 is 0 Å². The highest BCUT2D eigenvalue weighted by Gasteiger charge is 2.27. The lowest BCUT2D eigenvalue weighted by Crippen LogP contribution is -2.42. The van der Waals surface area contributed by atoms with Crippen LogP contribution in [0.2, 0.25) is 0 Å². The number of benzene rings is 1. The van der Waals surface area contributed by atoms with Crippen molar-refractivity contribution in [1.82, 2.24) is 14.9 Å². The average Bonchev–Trinajstić information content (AvgIpc) is 2.79. The highest BCUT2D eigenvalue weighted by molar-refractivity contribution is 5.75. The van der Waals surface area contributed by atoms with Gasteiger partial charge in [-0.15, -0.1) is 0 Å². The molecule has 2 atom stereocenters. The predicted octanol–water partition coefficient (Wildman–Crippen LogP) is 1.76. The smallest absolute Gasteiger partial charge is 0.115 e. The second kappa shape index (κ2) is 5.31. The van der Waals surface area contributed by atoms with Crippen LogP contribution in [0.5, 0.6) is 0 Å². The van der Waals surface area contributed by atoms with Gasteiger partial charge in [0.1, 0.15) is 5.82 Å². The molecule has 2 heterocycles. The van der Waals surface area contributed by atoms with Gasteiger partial charge in [0.25, 0.3) is 0 Å². The molecule has 102 valence electrons. The fourth-order valence-corrected chi connectivity index (χ4v) is 3.17. The normalized spacial score (nSPS) is 21.7. The van der Waals surface area contributed by atoms with Gasteiger partial charge in [-0.2, -0.15) is 0 Å². The van der Waals surface area contributed by atoms with Crippen LogP contribution < -0.4 is 11.1 Å². The van der Waals surface area contributed by atoms with E-state index in [1.54, 1.807) is 0 Å². The number of imidazole rings is 1. The zero-order chi connectivity index (χ0) is 13.2. The minimum Gasteiger partial charge on any atom is -0.331 e. The monoisotopic (exact) mass is 258 g/mol. The van der Waals surface area contributed by atoms with E-state index in [1.807, 2.05) is 6.07 Å². The van der Waals surface area contributed by atoms with Crippen molar-refractivity contribution in [2.24, 2.45) is 12.8 Å². The molecule has 0 spiro atoms. The molecule has 2 unspecified atom stereocenters. The molecule has 1 aliphatic rings. The Morgan fingerprint density at radius 3 is 2.95 bits per heavy atom. The summed E-state index contributed by atoms with van der Waals surface area (Å²) in [5.41, 5.74) is 8.28. The first kappa shape index (κ1) is 12.6. The number of rotatable bonds is 3. The van der Waals surface area contributed by atoms with Crippen molar-refractivity contribution in [2.75, 3.05) is 13.1 Å². The van der Waals surface area contributed by atoms with Crippen LogP contribution in [0.1, 0.15) is 31.0 Å². The van der Waals surface area contributed by atoms with Crippen LogP contribution >= 0.6 is 0 Å². The zero-order valence-electron chi connectivity index (χ0n) is 11.5. The Balaban J connectivity index is 1.98. The maximum absolute atomic E-state index is 6.03. The molecule has 0 bridgehead atoms. The highest BCUT2D eigenvalue weighted by atomic mass is 15.1. The van der Waals surface area contributed by atoms with Gasteiger partial charge in [-0.1, -0.05) is 18.6 Å². The lowest BCUT2D eigenvalue weighted by Gasteiger charge is -2.30. The number of fused-ring (bicyclic) bond motifs is 1. The number of para-hydroxylation sites is 2. The van der Waals surface area contributed by atoms with E-state index < -0.39 is 0 Å².